The number of halogens is 2. The fourth-order valence-corrected chi connectivity index (χ4v) is 1.51. The van der Waals surface area contributed by atoms with E-state index in [0.717, 1.165) is 6.07 Å². The molecule has 0 saturated heterocycles. The second-order valence-electron chi connectivity index (χ2n) is 3.70. The zero-order chi connectivity index (χ0) is 14.6. The van der Waals surface area contributed by atoms with E-state index >= 15 is 0 Å². The van der Waals surface area contributed by atoms with Gasteiger partial charge in [-0.15, -0.1) is 0 Å². The molecule has 0 aliphatic heterocycles. The summed E-state index contributed by atoms with van der Waals surface area (Å²) in [4.78, 5) is 24.9. The van der Waals surface area contributed by atoms with Gasteiger partial charge in [-0.2, -0.15) is 0 Å². The number of aromatic nitrogens is 1. The number of rotatable bonds is 5. The van der Waals surface area contributed by atoms with Crippen LogP contribution >= 0.6 is 0 Å². The van der Waals surface area contributed by atoms with E-state index in [0.29, 0.717) is 0 Å². The zero-order valence-corrected chi connectivity index (χ0v) is 10.4. The Bertz CT molecular complexity index is 506. The summed E-state index contributed by atoms with van der Waals surface area (Å²) in [5.74, 6) is -0.748. The minimum Gasteiger partial charge on any atom is -0.466 e. The molecule has 0 N–H and O–H groups in total. The first-order chi connectivity index (χ1) is 8.86. The van der Waals surface area contributed by atoms with Crippen LogP contribution in [0, 0.1) is 17.0 Å². The van der Waals surface area contributed by atoms with Crippen LogP contribution in [0.4, 0.5) is 14.5 Å². The lowest BCUT2D eigenvalue weighted by atomic mass is 10.1. The van der Waals surface area contributed by atoms with Gasteiger partial charge in [-0.3, -0.25) is 14.9 Å². The van der Waals surface area contributed by atoms with Gasteiger partial charge in [0.2, 0.25) is 0 Å². The standard InChI is InChI=1S/C11H12F2N2O4/c1-3-19-9(16)5-7-8(15(17)18)4-6(2)10(14-7)11(12)13/h4,11H,3,5H2,1-2H3. The number of nitro groups is 1. The van der Waals surface area contributed by atoms with Gasteiger partial charge in [-0.25, -0.2) is 13.8 Å². The van der Waals surface area contributed by atoms with Gasteiger partial charge < -0.3 is 4.74 Å². The predicted octanol–water partition coefficient (Wildman–Crippen LogP) is 2.34. The van der Waals surface area contributed by atoms with E-state index in [1.165, 1.54) is 6.92 Å². The summed E-state index contributed by atoms with van der Waals surface area (Å²) in [6.07, 6.45) is -3.37. The maximum Gasteiger partial charge on any atom is 0.312 e. The SMILES string of the molecule is CCOC(=O)Cc1nc(C(F)F)c(C)cc1[N+](=O)[O-]. The average Bonchev–Trinajstić information content (AvgIpc) is 2.30. The fourth-order valence-electron chi connectivity index (χ4n) is 1.51. The minimum absolute atomic E-state index is 0.00862. The van der Waals surface area contributed by atoms with E-state index < -0.39 is 35.1 Å². The van der Waals surface area contributed by atoms with Crippen molar-refractivity contribution < 1.29 is 23.2 Å². The van der Waals surface area contributed by atoms with E-state index in [1.54, 1.807) is 6.92 Å². The first kappa shape index (κ1) is 14.9. The highest BCUT2D eigenvalue weighted by Crippen LogP contribution is 2.27. The molecule has 0 aliphatic rings. The molecule has 1 heterocycles. The molecule has 1 aromatic rings. The summed E-state index contributed by atoms with van der Waals surface area (Å²) in [5.41, 5.74) is -1.33. The van der Waals surface area contributed by atoms with E-state index in [9.17, 15) is 23.7 Å². The van der Waals surface area contributed by atoms with Crippen LogP contribution in [0.5, 0.6) is 0 Å². The highest BCUT2D eigenvalue weighted by molar-refractivity contribution is 5.73. The largest absolute Gasteiger partial charge is 0.466 e. The quantitative estimate of drug-likeness (QED) is 0.467. The number of esters is 1. The number of ether oxygens (including phenoxy) is 1. The van der Waals surface area contributed by atoms with Crippen LogP contribution in [0.3, 0.4) is 0 Å². The maximum absolute atomic E-state index is 12.7. The number of carbonyl (C=O) groups excluding carboxylic acids is 1. The van der Waals surface area contributed by atoms with Crippen LogP contribution in [-0.2, 0) is 16.0 Å². The molecule has 0 aliphatic carbocycles. The van der Waals surface area contributed by atoms with Crippen LogP contribution in [-0.4, -0.2) is 22.5 Å². The molecule has 0 radical (unpaired) electrons. The molecule has 0 aromatic carbocycles. The summed E-state index contributed by atoms with van der Waals surface area (Å²) in [6, 6.07) is 0.989. The van der Waals surface area contributed by atoms with Gasteiger partial charge in [-0.1, -0.05) is 0 Å². The number of hydrogen-bond donors (Lipinski definition) is 0. The minimum atomic E-state index is -2.86. The molecule has 1 aromatic heterocycles. The third kappa shape index (κ3) is 3.67. The Kier molecular flexibility index (Phi) is 4.85. The van der Waals surface area contributed by atoms with Crippen molar-refractivity contribution in [3.05, 3.63) is 33.1 Å². The van der Waals surface area contributed by atoms with Gasteiger partial charge in [0.15, 0.2) is 0 Å². The topological polar surface area (TPSA) is 82.3 Å². The smallest absolute Gasteiger partial charge is 0.312 e. The third-order valence-corrected chi connectivity index (χ3v) is 2.33. The number of nitrogens with zero attached hydrogens (tertiary/aromatic N) is 2. The maximum atomic E-state index is 12.7. The molecule has 6 nitrogen and oxygen atoms in total. The van der Waals surface area contributed by atoms with Crippen molar-refractivity contribution in [1.29, 1.82) is 0 Å². The van der Waals surface area contributed by atoms with E-state index in [1.807, 2.05) is 0 Å². The highest BCUT2D eigenvalue weighted by Gasteiger charge is 2.24. The summed E-state index contributed by atoms with van der Waals surface area (Å²) in [6.45, 7) is 2.97. The molecule has 0 atom stereocenters. The lowest BCUT2D eigenvalue weighted by Crippen LogP contribution is -2.12. The Morgan fingerprint density at radius 2 is 2.21 bits per heavy atom. The highest BCUT2D eigenvalue weighted by atomic mass is 19.3. The van der Waals surface area contributed by atoms with Gasteiger partial charge in [0.1, 0.15) is 11.4 Å². The number of aryl methyl sites for hydroxylation is 1. The first-order valence-corrected chi connectivity index (χ1v) is 5.45. The Balaban J connectivity index is 3.21. The Morgan fingerprint density at radius 1 is 1.58 bits per heavy atom. The molecule has 0 saturated carbocycles. The molecule has 8 heteroatoms. The molecule has 104 valence electrons. The van der Waals surface area contributed by atoms with Gasteiger partial charge in [-0.05, 0) is 19.4 Å². The molecule has 0 unspecified atom stereocenters. The summed E-state index contributed by atoms with van der Waals surface area (Å²) < 4.78 is 30.0. The normalized spacial score (nSPS) is 10.6. The molecule has 1 rings (SSSR count). The first-order valence-electron chi connectivity index (χ1n) is 5.45. The van der Waals surface area contributed by atoms with Gasteiger partial charge in [0.25, 0.3) is 12.1 Å². The Labute approximate surface area is 107 Å². The third-order valence-electron chi connectivity index (χ3n) is 2.33. The molecule has 0 fully saturated rings. The average molecular weight is 274 g/mol. The van der Waals surface area contributed by atoms with Crippen molar-refractivity contribution in [3.8, 4) is 0 Å². The number of carbonyl (C=O) groups is 1. The van der Waals surface area contributed by atoms with Gasteiger partial charge in [0, 0.05) is 6.07 Å². The Hall–Kier alpha value is -2.12. The van der Waals surface area contributed by atoms with Crippen molar-refractivity contribution in [1.82, 2.24) is 4.98 Å². The molecule has 0 amide bonds. The van der Waals surface area contributed by atoms with Crippen molar-refractivity contribution >= 4 is 11.7 Å². The van der Waals surface area contributed by atoms with E-state index in [4.69, 9.17) is 0 Å². The molecule has 0 spiro atoms. The van der Waals surface area contributed by atoms with Crippen molar-refractivity contribution in [2.24, 2.45) is 0 Å². The summed E-state index contributed by atoms with van der Waals surface area (Å²) in [7, 11) is 0. The molecular formula is C11H12F2N2O4. The monoisotopic (exact) mass is 274 g/mol. The van der Waals surface area contributed by atoms with Crippen LogP contribution in [0.2, 0.25) is 0 Å². The lowest BCUT2D eigenvalue weighted by Gasteiger charge is -2.08. The van der Waals surface area contributed by atoms with Crippen molar-refractivity contribution in [2.75, 3.05) is 6.61 Å². The van der Waals surface area contributed by atoms with Gasteiger partial charge >= 0.3 is 5.97 Å². The van der Waals surface area contributed by atoms with Gasteiger partial charge in [0.05, 0.1) is 18.0 Å². The number of alkyl halides is 2. The summed E-state index contributed by atoms with van der Waals surface area (Å²) >= 11 is 0. The van der Waals surface area contributed by atoms with E-state index in [2.05, 4.69) is 9.72 Å². The van der Waals surface area contributed by atoms with Crippen LogP contribution in [0.1, 0.15) is 30.3 Å². The Morgan fingerprint density at radius 3 is 2.68 bits per heavy atom. The van der Waals surface area contributed by atoms with Crippen LogP contribution < -0.4 is 0 Å². The number of hydrogen-bond acceptors (Lipinski definition) is 5. The fraction of sp³-hybridized carbons (Fsp3) is 0.455. The van der Waals surface area contributed by atoms with Crippen molar-refractivity contribution in [3.63, 3.8) is 0 Å². The van der Waals surface area contributed by atoms with E-state index in [-0.39, 0.29) is 17.9 Å². The van der Waals surface area contributed by atoms with Crippen LogP contribution in [0.25, 0.3) is 0 Å². The predicted molar refractivity (Wildman–Crippen MR) is 60.9 cm³/mol. The van der Waals surface area contributed by atoms with Crippen molar-refractivity contribution in [2.45, 2.75) is 26.7 Å². The molecule has 19 heavy (non-hydrogen) atoms. The zero-order valence-electron chi connectivity index (χ0n) is 10.4. The molecular weight excluding hydrogens is 262 g/mol. The van der Waals surface area contributed by atoms with Crippen LogP contribution in [0.15, 0.2) is 6.07 Å². The molecule has 0 bridgehead atoms. The summed E-state index contributed by atoms with van der Waals surface area (Å²) in [5, 5.41) is 10.8. The second-order valence-corrected chi connectivity index (χ2v) is 3.70. The lowest BCUT2D eigenvalue weighted by molar-refractivity contribution is -0.386. The number of pyridine rings is 1. The second kappa shape index (κ2) is 6.17.